The van der Waals surface area contributed by atoms with Gasteiger partial charge in [-0.3, -0.25) is 0 Å². The third-order valence-corrected chi connectivity index (χ3v) is 10.9. The lowest BCUT2D eigenvalue weighted by Gasteiger charge is -2.16. The highest BCUT2D eigenvalue weighted by molar-refractivity contribution is 6.16. The van der Waals surface area contributed by atoms with E-state index in [2.05, 4.69) is 57.7 Å². The lowest BCUT2D eigenvalue weighted by Crippen LogP contribution is -2.01. The molecule has 3 heteroatoms. The Balaban J connectivity index is 1.19. The maximum Gasteiger partial charge on any atom is 0.0782 e. The highest BCUT2D eigenvalue weighted by atomic mass is 15.1. The molecule has 0 radical (unpaired) electrons. The molecule has 0 aliphatic heterocycles. The van der Waals surface area contributed by atoms with Gasteiger partial charge in [-0.15, -0.1) is 0 Å². The van der Waals surface area contributed by atoms with Gasteiger partial charge in [-0.1, -0.05) is 151 Å². The molecule has 266 valence electrons. The zero-order chi connectivity index (χ0) is 48.8. The van der Waals surface area contributed by atoms with Crippen molar-refractivity contribution in [3.8, 4) is 39.3 Å². The predicted octanol–water partition coefficient (Wildman–Crippen LogP) is 14.3. The molecular formula is C54H35N3. The van der Waals surface area contributed by atoms with E-state index in [4.69, 9.17) is 11.0 Å². The van der Waals surface area contributed by atoms with E-state index in [1.165, 1.54) is 0 Å². The molecule has 0 aliphatic carbocycles. The summed E-state index contributed by atoms with van der Waals surface area (Å²) in [5, 5.41) is 5.69. The molecule has 0 unspecified atom stereocenters. The van der Waals surface area contributed by atoms with Crippen LogP contribution >= 0.6 is 0 Å². The molecular weight excluding hydrogens is 691 g/mol. The first-order valence-corrected chi connectivity index (χ1v) is 18.6. The SMILES string of the molecule is [2H]c1c([2H])c([2H])c(-c2c([2H])c([2H])c([2H])c(-c3c([2H])c([2H])c([2H])c(-n4c5ccccc5c5cccc(-n6c7ccccc7c7ccc(-n8c9ccccc9c9ccccc98)cc76)c54)c3[2H])c2[2H])c([2H])c1[2H]. The van der Waals surface area contributed by atoms with Crippen molar-refractivity contribution >= 4 is 65.4 Å². The lowest BCUT2D eigenvalue weighted by molar-refractivity contribution is 1.12. The molecule has 0 N–H and O–H groups in total. The molecule has 0 aliphatic rings. The second-order valence-corrected chi connectivity index (χ2v) is 13.9. The average Bonchev–Trinajstić information content (AvgIpc) is 4.01. The van der Waals surface area contributed by atoms with E-state index in [1.807, 2.05) is 84.9 Å². The van der Waals surface area contributed by atoms with Crippen molar-refractivity contribution in [3.05, 3.63) is 212 Å². The normalized spacial score (nSPS) is 15.1. The van der Waals surface area contributed by atoms with Crippen LogP contribution in [-0.4, -0.2) is 13.7 Å². The van der Waals surface area contributed by atoms with Gasteiger partial charge in [0, 0.05) is 43.7 Å². The first-order valence-electron chi connectivity index (χ1n) is 25.1. The molecule has 12 aromatic rings. The molecule has 0 saturated carbocycles. The summed E-state index contributed by atoms with van der Waals surface area (Å²) in [6.45, 7) is 0. The molecule has 0 bridgehead atoms. The molecule has 0 atom stereocenters. The van der Waals surface area contributed by atoms with E-state index in [9.17, 15) is 6.85 Å². The summed E-state index contributed by atoms with van der Waals surface area (Å²) in [7, 11) is 0. The van der Waals surface area contributed by atoms with Gasteiger partial charge in [0.1, 0.15) is 0 Å². The minimum atomic E-state index is -0.777. The van der Waals surface area contributed by atoms with Crippen LogP contribution in [0.15, 0.2) is 212 Å². The molecule has 0 spiro atoms. The zero-order valence-electron chi connectivity index (χ0n) is 43.0. The van der Waals surface area contributed by atoms with E-state index in [0.29, 0.717) is 16.7 Å². The Kier molecular flexibility index (Phi) is 4.69. The quantitative estimate of drug-likeness (QED) is 0.167. The minimum absolute atomic E-state index is 0.147. The van der Waals surface area contributed by atoms with Crippen LogP contribution in [0.3, 0.4) is 0 Å². The number of hydrogen-bond donors (Lipinski definition) is 0. The molecule has 0 amide bonds. The van der Waals surface area contributed by atoms with Crippen LogP contribution in [0.4, 0.5) is 0 Å². The van der Waals surface area contributed by atoms with Crippen LogP contribution in [0.25, 0.3) is 105 Å². The van der Waals surface area contributed by atoms with Gasteiger partial charge >= 0.3 is 0 Å². The van der Waals surface area contributed by atoms with Crippen molar-refractivity contribution in [2.24, 2.45) is 0 Å². The van der Waals surface area contributed by atoms with Crippen molar-refractivity contribution in [1.82, 2.24) is 13.7 Å². The highest BCUT2D eigenvalue weighted by Gasteiger charge is 2.21. The third-order valence-electron chi connectivity index (χ3n) is 10.9. The Morgan fingerprint density at radius 2 is 0.807 bits per heavy atom. The van der Waals surface area contributed by atoms with E-state index < -0.39 is 101 Å². The molecule has 9 aromatic carbocycles. The highest BCUT2D eigenvalue weighted by Crippen LogP contribution is 2.41. The fraction of sp³-hybridized carbons (Fsp3) is 0. The van der Waals surface area contributed by atoms with Gasteiger partial charge in [-0.05, 0) is 82.8 Å². The van der Waals surface area contributed by atoms with Gasteiger partial charge in [-0.25, -0.2) is 0 Å². The number of hydrogen-bond acceptors (Lipinski definition) is 0. The number of para-hydroxylation sites is 5. The summed E-state index contributed by atoms with van der Waals surface area (Å²) in [4.78, 5) is 0. The summed E-state index contributed by atoms with van der Waals surface area (Å²) < 4.78 is 123. The molecule has 3 heterocycles. The number of benzene rings is 9. The predicted molar refractivity (Wildman–Crippen MR) is 240 cm³/mol. The number of aromatic nitrogens is 3. The van der Waals surface area contributed by atoms with E-state index >= 15 is 0 Å². The molecule has 0 saturated heterocycles. The van der Waals surface area contributed by atoms with E-state index in [-0.39, 0.29) is 5.69 Å². The summed E-state index contributed by atoms with van der Waals surface area (Å²) >= 11 is 0. The van der Waals surface area contributed by atoms with Gasteiger partial charge in [0.15, 0.2) is 0 Å². The Bertz CT molecular complexity index is 4220. The van der Waals surface area contributed by atoms with Crippen LogP contribution in [0.5, 0.6) is 0 Å². The monoisotopic (exact) mass is 738 g/mol. The standard InChI is InChI=1S/C54H35N3/c1-2-15-36(16-3-1)37-17-12-18-38(33-37)39-19-13-20-40(34-39)56-50-28-10-7-24-45(50)47-25-14-30-52(54(47)56)57-51-29-11-6-23-44(51)46-32-31-41(35-53(46)57)55-48-26-8-4-21-42(48)43-22-5-9-27-49(43)55/h1-35H/i1D,2D,3D,12D,13D,15D,16D,17D,18D,19D,20D,33D,34D. The maximum absolute atomic E-state index is 10.0. The van der Waals surface area contributed by atoms with Crippen molar-refractivity contribution in [2.45, 2.75) is 0 Å². The summed E-state index contributed by atoms with van der Waals surface area (Å²) in [5.74, 6) is 0. The molecule has 57 heavy (non-hydrogen) atoms. The van der Waals surface area contributed by atoms with Crippen LogP contribution in [0.1, 0.15) is 17.8 Å². The Hall–Kier alpha value is -7.62. The second kappa shape index (κ2) is 12.5. The van der Waals surface area contributed by atoms with Gasteiger partial charge < -0.3 is 13.7 Å². The Morgan fingerprint density at radius 1 is 0.316 bits per heavy atom. The van der Waals surface area contributed by atoms with Crippen LogP contribution in [0.2, 0.25) is 0 Å². The molecule has 3 aromatic heterocycles. The lowest BCUT2D eigenvalue weighted by atomic mass is 9.99. The van der Waals surface area contributed by atoms with Gasteiger partial charge in [0.25, 0.3) is 0 Å². The Labute approximate surface area is 347 Å². The van der Waals surface area contributed by atoms with E-state index in [0.717, 1.165) is 60.1 Å². The largest absolute Gasteiger partial charge is 0.309 e. The maximum atomic E-state index is 10.0. The van der Waals surface area contributed by atoms with Crippen molar-refractivity contribution < 1.29 is 17.8 Å². The smallest absolute Gasteiger partial charge is 0.0782 e. The minimum Gasteiger partial charge on any atom is -0.309 e. The summed E-state index contributed by atoms with van der Waals surface area (Å²) in [5.41, 5.74) is 4.30. The Morgan fingerprint density at radius 3 is 1.47 bits per heavy atom. The summed E-state index contributed by atoms with van der Waals surface area (Å²) in [6.07, 6.45) is 0. The molecule has 0 fully saturated rings. The second-order valence-electron chi connectivity index (χ2n) is 13.9. The van der Waals surface area contributed by atoms with E-state index in [1.54, 1.807) is 4.57 Å². The fourth-order valence-corrected chi connectivity index (χ4v) is 8.51. The number of fused-ring (bicyclic) bond motifs is 9. The van der Waals surface area contributed by atoms with Crippen LogP contribution in [-0.2, 0) is 0 Å². The number of rotatable bonds is 5. The fourth-order valence-electron chi connectivity index (χ4n) is 8.51. The number of nitrogens with zero attached hydrogens (tertiary/aromatic N) is 3. The first-order chi connectivity index (χ1) is 33.7. The van der Waals surface area contributed by atoms with Crippen molar-refractivity contribution in [1.29, 1.82) is 0 Å². The van der Waals surface area contributed by atoms with Crippen LogP contribution in [0, 0.1) is 0 Å². The van der Waals surface area contributed by atoms with Crippen LogP contribution < -0.4 is 0 Å². The third kappa shape index (κ3) is 4.79. The topological polar surface area (TPSA) is 14.8 Å². The zero-order valence-corrected chi connectivity index (χ0v) is 30.0. The summed E-state index contributed by atoms with van der Waals surface area (Å²) in [6, 6.07) is 35.4. The van der Waals surface area contributed by atoms with Gasteiger partial charge in [0.2, 0.25) is 0 Å². The van der Waals surface area contributed by atoms with Gasteiger partial charge in [-0.2, -0.15) is 0 Å². The van der Waals surface area contributed by atoms with Gasteiger partial charge in [0.05, 0.1) is 56.6 Å². The molecule has 12 rings (SSSR count). The first kappa shape index (κ1) is 21.5. The molecule has 3 nitrogen and oxygen atoms in total. The average molecular weight is 739 g/mol. The van der Waals surface area contributed by atoms with Crippen molar-refractivity contribution in [3.63, 3.8) is 0 Å². The van der Waals surface area contributed by atoms with Crippen molar-refractivity contribution in [2.75, 3.05) is 0 Å².